The molecule has 26 heavy (non-hydrogen) atoms. The second-order valence-electron chi connectivity index (χ2n) is 5.28. The van der Waals surface area contributed by atoms with E-state index in [0.717, 1.165) is 22.5 Å². The molecule has 0 aliphatic rings. The summed E-state index contributed by atoms with van der Waals surface area (Å²) in [6, 6.07) is 18.4. The van der Waals surface area contributed by atoms with Gasteiger partial charge in [-0.05, 0) is 28.6 Å². The Balaban J connectivity index is 1.79. The predicted octanol–water partition coefficient (Wildman–Crippen LogP) is 5.77. The van der Waals surface area contributed by atoms with Gasteiger partial charge in [0, 0.05) is 5.69 Å². The van der Waals surface area contributed by atoms with E-state index in [1.165, 1.54) is 11.4 Å². The number of ether oxygens (including phenoxy) is 1. The summed E-state index contributed by atoms with van der Waals surface area (Å²) in [5.74, 6) is -0.615. The summed E-state index contributed by atoms with van der Waals surface area (Å²) in [7, 11) is 0. The minimum atomic E-state index is -2.97. The van der Waals surface area contributed by atoms with Crippen LogP contribution in [0.3, 0.4) is 0 Å². The fraction of sp³-hybridized carbons (Fsp3) is 0.0500. The van der Waals surface area contributed by atoms with Crippen molar-refractivity contribution >= 4 is 35.1 Å². The Morgan fingerprint density at radius 2 is 1.73 bits per heavy atom. The molecular weight excluding hydrogens is 356 g/mol. The van der Waals surface area contributed by atoms with E-state index in [4.69, 9.17) is 0 Å². The average Bonchev–Trinajstić information content (AvgIpc) is 3.09. The molecule has 3 nitrogen and oxygen atoms in total. The third kappa shape index (κ3) is 4.55. The van der Waals surface area contributed by atoms with Crippen LogP contribution in [0.1, 0.15) is 20.8 Å². The molecule has 1 amide bonds. The number of halogens is 2. The molecule has 1 heterocycles. The number of hydrogen-bond acceptors (Lipinski definition) is 3. The van der Waals surface area contributed by atoms with Crippen LogP contribution in [-0.4, -0.2) is 12.5 Å². The van der Waals surface area contributed by atoms with Crippen molar-refractivity contribution in [1.82, 2.24) is 0 Å². The second kappa shape index (κ2) is 8.40. The van der Waals surface area contributed by atoms with Crippen LogP contribution in [0.4, 0.5) is 14.5 Å². The molecule has 0 saturated carbocycles. The minimum absolute atomic E-state index is 0.104. The van der Waals surface area contributed by atoms with Crippen molar-refractivity contribution in [2.24, 2.45) is 0 Å². The van der Waals surface area contributed by atoms with Gasteiger partial charge in [-0.3, -0.25) is 4.79 Å². The molecule has 0 unspecified atom stereocenters. The zero-order valence-corrected chi connectivity index (χ0v) is 14.4. The lowest BCUT2D eigenvalue weighted by molar-refractivity contribution is -0.0498. The first-order valence-electron chi connectivity index (χ1n) is 7.79. The van der Waals surface area contributed by atoms with Crippen LogP contribution < -0.4 is 10.1 Å². The van der Waals surface area contributed by atoms with E-state index in [2.05, 4.69) is 10.1 Å². The van der Waals surface area contributed by atoms with Gasteiger partial charge < -0.3 is 10.1 Å². The summed E-state index contributed by atoms with van der Waals surface area (Å²) in [5, 5.41) is 4.29. The van der Waals surface area contributed by atoms with Crippen LogP contribution in [-0.2, 0) is 0 Å². The molecule has 0 radical (unpaired) electrons. The molecule has 0 bridgehead atoms. The van der Waals surface area contributed by atoms with Crippen molar-refractivity contribution in [2.75, 3.05) is 5.32 Å². The molecular formula is C20H15F2NO2S. The first-order valence-corrected chi connectivity index (χ1v) is 8.67. The van der Waals surface area contributed by atoms with E-state index in [1.807, 2.05) is 54.6 Å². The highest BCUT2D eigenvalue weighted by molar-refractivity contribution is 7.12. The molecule has 1 N–H and O–H groups in total. The van der Waals surface area contributed by atoms with Crippen molar-refractivity contribution in [3.05, 3.63) is 82.0 Å². The number of carbonyl (C=O) groups excluding carboxylic acids is 1. The molecule has 6 heteroatoms. The number of nitrogens with one attached hydrogen (secondary N) is 1. The fourth-order valence-electron chi connectivity index (χ4n) is 2.34. The van der Waals surface area contributed by atoms with E-state index in [0.29, 0.717) is 5.69 Å². The maximum Gasteiger partial charge on any atom is 0.387 e. The summed E-state index contributed by atoms with van der Waals surface area (Å²) in [5.41, 5.74) is 2.41. The number of alkyl halides is 2. The lowest BCUT2D eigenvalue weighted by atomic mass is 10.1. The third-order valence-electron chi connectivity index (χ3n) is 3.52. The zero-order chi connectivity index (χ0) is 18.4. The summed E-state index contributed by atoms with van der Waals surface area (Å²) < 4.78 is 29.3. The largest absolute Gasteiger partial charge is 0.433 e. The van der Waals surface area contributed by atoms with Crippen LogP contribution in [0.2, 0.25) is 0 Å². The van der Waals surface area contributed by atoms with E-state index >= 15 is 0 Å². The Bertz CT molecular complexity index is 907. The maximum absolute atomic E-state index is 12.5. The number of rotatable bonds is 6. The highest BCUT2D eigenvalue weighted by atomic mass is 32.1. The summed E-state index contributed by atoms with van der Waals surface area (Å²) in [6.07, 6.45) is 3.82. The molecule has 3 rings (SSSR count). The number of thiophene rings is 1. The molecule has 1 aromatic heterocycles. The van der Waals surface area contributed by atoms with E-state index in [-0.39, 0.29) is 10.6 Å². The first kappa shape index (κ1) is 17.8. The smallest absolute Gasteiger partial charge is 0.387 e. The summed E-state index contributed by atoms with van der Waals surface area (Å²) >= 11 is 1.05. The fourth-order valence-corrected chi connectivity index (χ4v) is 3.06. The van der Waals surface area contributed by atoms with Gasteiger partial charge in [-0.1, -0.05) is 60.7 Å². The normalized spacial score (nSPS) is 11.0. The Kier molecular flexibility index (Phi) is 5.76. The molecule has 0 spiro atoms. The topological polar surface area (TPSA) is 38.3 Å². The lowest BCUT2D eigenvalue weighted by Crippen LogP contribution is -2.13. The van der Waals surface area contributed by atoms with E-state index in [9.17, 15) is 13.6 Å². The Labute approximate surface area is 153 Å². The molecule has 0 atom stereocenters. The minimum Gasteiger partial charge on any atom is -0.433 e. The van der Waals surface area contributed by atoms with Gasteiger partial charge in [-0.15, -0.1) is 11.3 Å². The monoisotopic (exact) mass is 371 g/mol. The van der Waals surface area contributed by atoms with Crippen molar-refractivity contribution in [3.8, 4) is 5.75 Å². The van der Waals surface area contributed by atoms with Crippen molar-refractivity contribution < 1.29 is 18.3 Å². The number of amides is 1. The molecule has 0 aliphatic heterocycles. The summed E-state index contributed by atoms with van der Waals surface area (Å²) in [4.78, 5) is 12.6. The van der Waals surface area contributed by atoms with E-state index in [1.54, 1.807) is 12.1 Å². The molecule has 0 aliphatic carbocycles. The van der Waals surface area contributed by atoms with Crippen molar-refractivity contribution in [1.29, 1.82) is 0 Å². The van der Waals surface area contributed by atoms with E-state index < -0.39 is 12.5 Å². The van der Waals surface area contributed by atoms with Crippen LogP contribution in [0.25, 0.3) is 12.2 Å². The van der Waals surface area contributed by atoms with Crippen molar-refractivity contribution in [3.63, 3.8) is 0 Å². The quantitative estimate of drug-likeness (QED) is 0.559. The zero-order valence-electron chi connectivity index (χ0n) is 13.6. The summed E-state index contributed by atoms with van der Waals surface area (Å²) in [6.45, 7) is -2.97. The SMILES string of the molecule is O=C(Nc1ccccc1/C=C/c1ccccc1)c1sccc1OC(F)F. The Morgan fingerprint density at radius 1 is 1.00 bits per heavy atom. The van der Waals surface area contributed by atoms with Gasteiger partial charge in [0.1, 0.15) is 10.6 Å². The maximum atomic E-state index is 12.5. The number of para-hydroxylation sites is 1. The molecule has 3 aromatic rings. The lowest BCUT2D eigenvalue weighted by Gasteiger charge is -2.09. The molecule has 0 saturated heterocycles. The van der Waals surface area contributed by atoms with Gasteiger partial charge in [0.2, 0.25) is 0 Å². The van der Waals surface area contributed by atoms with Gasteiger partial charge in [-0.25, -0.2) is 0 Å². The number of anilines is 1. The number of benzene rings is 2. The second-order valence-corrected chi connectivity index (χ2v) is 6.19. The molecule has 132 valence electrons. The van der Waals surface area contributed by atoms with Gasteiger partial charge in [0.05, 0.1) is 0 Å². The van der Waals surface area contributed by atoms with Crippen LogP contribution in [0, 0.1) is 0 Å². The number of hydrogen-bond donors (Lipinski definition) is 1. The highest BCUT2D eigenvalue weighted by Crippen LogP contribution is 2.28. The third-order valence-corrected chi connectivity index (χ3v) is 4.41. The standard InChI is InChI=1S/C20H15F2NO2S/c21-20(22)25-17-12-13-26-18(17)19(24)23-16-9-5-4-8-15(16)11-10-14-6-2-1-3-7-14/h1-13,20H,(H,23,24)/b11-10+. The van der Waals surface area contributed by atoms with Crippen LogP contribution >= 0.6 is 11.3 Å². The van der Waals surface area contributed by atoms with Crippen LogP contribution in [0.5, 0.6) is 5.75 Å². The van der Waals surface area contributed by atoms with Gasteiger partial charge >= 0.3 is 6.61 Å². The average molecular weight is 371 g/mol. The van der Waals surface area contributed by atoms with Crippen LogP contribution in [0.15, 0.2) is 66.0 Å². The number of carbonyl (C=O) groups is 1. The Hall–Kier alpha value is -2.99. The van der Waals surface area contributed by atoms with Gasteiger partial charge in [0.25, 0.3) is 5.91 Å². The molecule has 0 fully saturated rings. The highest BCUT2D eigenvalue weighted by Gasteiger charge is 2.18. The van der Waals surface area contributed by atoms with Crippen molar-refractivity contribution in [2.45, 2.75) is 6.61 Å². The molecule has 2 aromatic carbocycles. The predicted molar refractivity (Wildman–Crippen MR) is 101 cm³/mol. The van der Waals surface area contributed by atoms with Gasteiger partial charge in [-0.2, -0.15) is 8.78 Å². The Morgan fingerprint density at radius 3 is 2.50 bits per heavy atom. The van der Waals surface area contributed by atoms with Gasteiger partial charge in [0.15, 0.2) is 0 Å². The first-order chi connectivity index (χ1) is 12.6.